The molecule has 0 spiro atoms. The molecule has 4 N–H and O–H groups in total. The average Bonchev–Trinajstić information content (AvgIpc) is 3.11. The summed E-state index contributed by atoms with van der Waals surface area (Å²) in [7, 11) is 0. The standard InChI is InChI=1S/C23H28N6O3/c1-12(13-3-2-4-14(5-13)21(26)30)28-17-8-20(23(28)32)27(10-17)11-18(25)22(31)29-16(9-24)6-15-7-19(15)29/h2-5,12,15-20H,6-8,10-11,25H2,1H3,(H2,26,30)/t12?,15-,16?,17+,18?,19?,20?/m1/s1. The summed E-state index contributed by atoms with van der Waals surface area (Å²) in [4.78, 5) is 43.3. The van der Waals surface area contributed by atoms with Crippen molar-refractivity contribution in [1.29, 1.82) is 5.26 Å². The second-order valence-electron chi connectivity index (χ2n) is 9.57. The van der Waals surface area contributed by atoms with Crippen molar-refractivity contribution in [2.24, 2.45) is 17.4 Å². The maximum absolute atomic E-state index is 13.2. The van der Waals surface area contributed by atoms with Gasteiger partial charge in [0.25, 0.3) is 0 Å². The largest absolute Gasteiger partial charge is 0.366 e. The van der Waals surface area contributed by atoms with Crippen molar-refractivity contribution >= 4 is 17.7 Å². The van der Waals surface area contributed by atoms with Gasteiger partial charge in [-0.3, -0.25) is 19.3 Å². The number of benzene rings is 1. The number of carbonyl (C=O) groups excluding carboxylic acids is 3. The first-order valence-electron chi connectivity index (χ1n) is 11.2. The van der Waals surface area contributed by atoms with Gasteiger partial charge in [-0.25, -0.2) is 0 Å². The van der Waals surface area contributed by atoms with E-state index in [1.807, 2.05) is 22.8 Å². The van der Waals surface area contributed by atoms with Crippen molar-refractivity contribution < 1.29 is 14.4 Å². The molecule has 4 fully saturated rings. The predicted octanol–water partition coefficient (Wildman–Crippen LogP) is -0.0281. The number of nitrogens with zero attached hydrogens (tertiary/aromatic N) is 4. The van der Waals surface area contributed by atoms with Crippen LogP contribution in [0.4, 0.5) is 0 Å². The van der Waals surface area contributed by atoms with Crippen LogP contribution in [0, 0.1) is 17.2 Å². The van der Waals surface area contributed by atoms with Crippen molar-refractivity contribution in [1.82, 2.24) is 14.7 Å². The molecule has 7 atom stereocenters. The molecule has 4 aliphatic rings. The van der Waals surface area contributed by atoms with Crippen LogP contribution in [0.3, 0.4) is 0 Å². The highest BCUT2D eigenvalue weighted by atomic mass is 16.2. The van der Waals surface area contributed by atoms with E-state index in [-0.39, 0.29) is 42.0 Å². The molecule has 0 aromatic heterocycles. The molecule has 3 saturated heterocycles. The zero-order valence-corrected chi connectivity index (χ0v) is 18.1. The van der Waals surface area contributed by atoms with Gasteiger partial charge < -0.3 is 21.3 Å². The third-order valence-corrected chi connectivity index (χ3v) is 7.64. The van der Waals surface area contributed by atoms with Gasteiger partial charge >= 0.3 is 0 Å². The summed E-state index contributed by atoms with van der Waals surface area (Å²) in [5.41, 5.74) is 13.0. The van der Waals surface area contributed by atoms with Gasteiger partial charge in [0, 0.05) is 30.7 Å². The summed E-state index contributed by atoms with van der Waals surface area (Å²) >= 11 is 0. The number of rotatable bonds is 6. The van der Waals surface area contributed by atoms with Crippen molar-refractivity contribution in [2.45, 2.75) is 62.4 Å². The molecule has 9 nitrogen and oxygen atoms in total. The highest BCUT2D eigenvalue weighted by Gasteiger charge is 2.56. The monoisotopic (exact) mass is 436 g/mol. The van der Waals surface area contributed by atoms with Gasteiger partial charge in [0.15, 0.2) is 0 Å². The number of hydrogen-bond donors (Lipinski definition) is 2. The normalized spacial score (nSPS) is 32.5. The van der Waals surface area contributed by atoms with E-state index in [9.17, 15) is 19.6 Å². The Bertz CT molecular complexity index is 1020. The summed E-state index contributed by atoms with van der Waals surface area (Å²) in [6.07, 6.45) is 2.42. The molecule has 3 amide bonds. The Hall–Kier alpha value is -2.96. The zero-order chi connectivity index (χ0) is 22.7. The molecule has 0 radical (unpaired) electrons. The van der Waals surface area contributed by atoms with Gasteiger partial charge in [-0.2, -0.15) is 5.26 Å². The Kier molecular flexibility index (Phi) is 4.95. The summed E-state index contributed by atoms with van der Waals surface area (Å²) in [5, 5.41) is 9.36. The van der Waals surface area contributed by atoms with Crippen LogP contribution in [-0.4, -0.2) is 75.7 Å². The van der Waals surface area contributed by atoms with Gasteiger partial charge in [0.05, 0.1) is 24.2 Å². The molecule has 168 valence electrons. The number of piperidine rings is 1. The van der Waals surface area contributed by atoms with Crippen molar-refractivity contribution in [3.8, 4) is 6.07 Å². The minimum atomic E-state index is -0.740. The molecule has 1 aromatic carbocycles. The highest BCUT2D eigenvalue weighted by molar-refractivity contribution is 5.93. The Morgan fingerprint density at radius 1 is 1.28 bits per heavy atom. The van der Waals surface area contributed by atoms with Crippen molar-refractivity contribution in [3.05, 3.63) is 35.4 Å². The van der Waals surface area contributed by atoms with E-state index in [1.54, 1.807) is 23.1 Å². The van der Waals surface area contributed by atoms with Crippen LogP contribution < -0.4 is 11.5 Å². The number of piperazine rings is 1. The highest BCUT2D eigenvalue weighted by Crippen LogP contribution is 2.48. The lowest BCUT2D eigenvalue weighted by atomic mass is 10.0. The minimum absolute atomic E-state index is 0.0243. The maximum atomic E-state index is 13.2. The number of hydrogen-bond acceptors (Lipinski definition) is 6. The van der Waals surface area contributed by atoms with Gasteiger partial charge in [0.1, 0.15) is 6.04 Å². The third-order valence-electron chi connectivity index (χ3n) is 7.64. The zero-order valence-electron chi connectivity index (χ0n) is 18.1. The number of nitrogens with two attached hydrogens (primary N) is 2. The summed E-state index contributed by atoms with van der Waals surface area (Å²) in [5.74, 6) is -0.197. The number of amides is 3. The molecule has 5 unspecified atom stereocenters. The Labute approximate surface area is 186 Å². The Balaban J connectivity index is 1.24. The molecule has 3 heterocycles. The van der Waals surface area contributed by atoms with E-state index in [2.05, 4.69) is 6.07 Å². The first-order chi connectivity index (χ1) is 15.3. The minimum Gasteiger partial charge on any atom is -0.366 e. The van der Waals surface area contributed by atoms with Crippen molar-refractivity contribution in [3.63, 3.8) is 0 Å². The van der Waals surface area contributed by atoms with E-state index >= 15 is 0 Å². The lowest BCUT2D eigenvalue weighted by Crippen LogP contribution is -2.57. The van der Waals surface area contributed by atoms with Crippen LogP contribution in [0.5, 0.6) is 0 Å². The molecule has 1 aromatic rings. The fraction of sp³-hybridized carbons (Fsp3) is 0.565. The van der Waals surface area contributed by atoms with Gasteiger partial charge in [0.2, 0.25) is 17.7 Å². The molecular weight excluding hydrogens is 408 g/mol. The molecule has 1 saturated carbocycles. The van der Waals surface area contributed by atoms with Crippen LogP contribution in [-0.2, 0) is 9.59 Å². The molecule has 5 rings (SSSR count). The molecule has 3 aliphatic heterocycles. The van der Waals surface area contributed by atoms with E-state index in [4.69, 9.17) is 11.5 Å². The SMILES string of the molecule is CC(c1cccc(C(N)=O)c1)N1C(=O)C2C[C@H]1CN2CC(N)C(=O)N1C(C#N)C[C@@H]2CC21. The average molecular weight is 437 g/mol. The molecule has 32 heavy (non-hydrogen) atoms. The predicted molar refractivity (Wildman–Crippen MR) is 115 cm³/mol. The Morgan fingerprint density at radius 3 is 2.75 bits per heavy atom. The van der Waals surface area contributed by atoms with E-state index in [1.165, 1.54) is 0 Å². The van der Waals surface area contributed by atoms with Gasteiger partial charge in [-0.1, -0.05) is 12.1 Å². The third kappa shape index (κ3) is 3.26. The smallest absolute Gasteiger partial charge is 0.248 e. The first kappa shape index (κ1) is 20.9. The van der Waals surface area contributed by atoms with Gasteiger partial charge in [-0.05, 0) is 49.8 Å². The van der Waals surface area contributed by atoms with Crippen LogP contribution in [0.2, 0.25) is 0 Å². The van der Waals surface area contributed by atoms with Crippen LogP contribution >= 0.6 is 0 Å². The summed E-state index contributed by atoms with van der Waals surface area (Å²) in [6, 6.07) is 7.93. The van der Waals surface area contributed by atoms with E-state index in [0.717, 1.165) is 18.4 Å². The number of nitriles is 1. The van der Waals surface area contributed by atoms with Gasteiger partial charge in [-0.15, -0.1) is 0 Å². The number of carbonyl (C=O) groups is 3. The van der Waals surface area contributed by atoms with Crippen molar-refractivity contribution in [2.75, 3.05) is 13.1 Å². The molecule has 1 aliphatic carbocycles. The molecular formula is C23H28N6O3. The molecule has 2 bridgehead atoms. The first-order valence-corrected chi connectivity index (χ1v) is 11.2. The number of likely N-dealkylation sites (tertiary alicyclic amines) is 3. The van der Waals surface area contributed by atoms with E-state index < -0.39 is 11.9 Å². The molecule has 9 heteroatoms. The topological polar surface area (TPSA) is 137 Å². The van der Waals surface area contributed by atoms with E-state index in [0.29, 0.717) is 31.0 Å². The fourth-order valence-electron chi connectivity index (χ4n) is 5.92. The van der Waals surface area contributed by atoms with Crippen LogP contribution in [0.25, 0.3) is 0 Å². The summed E-state index contributed by atoms with van der Waals surface area (Å²) < 4.78 is 0. The lowest BCUT2D eigenvalue weighted by molar-refractivity contribution is -0.141. The maximum Gasteiger partial charge on any atom is 0.248 e. The fourth-order valence-corrected chi connectivity index (χ4v) is 5.92. The van der Waals surface area contributed by atoms with Crippen LogP contribution in [0.15, 0.2) is 24.3 Å². The number of primary amides is 1. The second kappa shape index (κ2) is 7.57. The Morgan fingerprint density at radius 2 is 2.06 bits per heavy atom. The summed E-state index contributed by atoms with van der Waals surface area (Å²) in [6.45, 7) is 2.93. The number of fused-ring (bicyclic) bond motifs is 3. The second-order valence-corrected chi connectivity index (χ2v) is 9.57. The van der Waals surface area contributed by atoms with Crippen LogP contribution in [0.1, 0.15) is 48.1 Å². The quantitative estimate of drug-likeness (QED) is 0.643. The lowest BCUT2D eigenvalue weighted by Gasteiger charge is -2.38.